The number of hydrogen-bond donors (Lipinski definition) is 1. The van der Waals surface area contributed by atoms with E-state index in [4.69, 9.17) is 37.1 Å². The first-order chi connectivity index (χ1) is 23.4. The number of alkyl halides is 2. The summed E-state index contributed by atoms with van der Waals surface area (Å²) in [7, 11) is 4.09. The molecule has 3 heterocycles. The number of phenols is 1. The summed E-state index contributed by atoms with van der Waals surface area (Å²) < 4.78 is 17.2. The second-order valence-corrected chi connectivity index (χ2v) is 14.0. The number of benzene rings is 3. The fraction of sp³-hybridized carbons (Fsp3) is 0.306. The lowest BCUT2D eigenvalue weighted by molar-refractivity contribution is -0.138. The molecule has 0 radical (unpaired) electrons. The number of anilines is 1. The van der Waals surface area contributed by atoms with Crippen LogP contribution >= 0.6 is 23.2 Å². The molecule has 1 N–H and O–H groups in total. The normalized spacial score (nSPS) is 29.2. The van der Waals surface area contributed by atoms with E-state index in [9.17, 15) is 24.3 Å². The number of aromatic nitrogens is 1. The van der Waals surface area contributed by atoms with Gasteiger partial charge in [0.2, 0.25) is 17.7 Å². The molecule has 2 aliphatic carbocycles. The largest absolute Gasteiger partial charge is 0.508 e. The van der Waals surface area contributed by atoms with Gasteiger partial charge in [0, 0.05) is 36.2 Å². The maximum atomic E-state index is 14.4. The van der Waals surface area contributed by atoms with Crippen LogP contribution < -0.4 is 14.4 Å². The van der Waals surface area contributed by atoms with Gasteiger partial charge in [-0.25, -0.2) is 4.98 Å². The second-order valence-electron chi connectivity index (χ2n) is 12.8. The molecule has 2 aliphatic heterocycles. The highest BCUT2D eigenvalue weighted by molar-refractivity contribution is 6.53. The number of carbonyl (C=O) groups excluding carboxylic acids is 4. The summed E-state index contributed by atoms with van der Waals surface area (Å²) in [6, 6.07) is 16.9. The Morgan fingerprint density at radius 3 is 2.24 bits per heavy atom. The monoisotopic (exact) mass is 701 g/mol. The fourth-order valence-electron chi connectivity index (χ4n) is 8.27. The van der Waals surface area contributed by atoms with Crippen molar-refractivity contribution in [2.24, 2.45) is 17.8 Å². The number of oxazole rings is 1. The highest BCUT2D eigenvalue weighted by Gasteiger charge is 2.76. The molecular weight excluding hydrogens is 673 g/mol. The van der Waals surface area contributed by atoms with Crippen molar-refractivity contribution < 1.29 is 38.2 Å². The summed E-state index contributed by atoms with van der Waals surface area (Å²) in [5.41, 5.74) is 3.25. The molecule has 8 rings (SSSR count). The zero-order chi connectivity index (χ0) is 34.6. The number of fused-ring (bicyclic) bond motifs is 5. The van der Waals surface area contributed by atoms with Crippen LogP contribution in [0.1, 0.15) is 24.3 Å². The highest BCUT2D eigenvalue weighted by Crippen LogP contribution is 2.67. The molecule has 0 spiro atoms. The van der Waals surface area contributed by atoms with E-state index in [1.165, 1.54) is 38.3 Å². The molecule has 1 saturated carbocycles. The molecule has 4 amide bonds. The van der Waals surface area contributed by atoms with Crippen LogP contribution in [-0.4, -0.2) is 69.6 Å². The molecule has 4 aromatic rings. The van der Waals surface area contributed by atoms with Gasteiger partial charge >= 0.3 is 0 Å². The molecule has 6 atom stereocenters. The van der Waals surface area contributed by atoms with E-state index in [2.05, 4.69) is 4.98 Å². The van der Waals surface area contributed by atoms with Crippen molar-refractivity contribution in [3.63, 3.8) is 0 Å². The number of rotatable bonds is 5. The number of phenolic OH excluding ortho intramolecular Hbond substituents is 1. The third-order valence-electron chi connectivity index (χ3n) is 10.5. The highest BCUT2D eigenvalue weighted by atomic mass is 35.5. The molecule has 3 fully saturated rings. The number of carbonyl (C=O) groups is 4. The number of ether oxygens (including phenoxy) is 2. The Morgan fingerprint density at radius 2 is 1.59 bits per heavy atom. The summed E-state index contributed by atoms with van der Waals surface area (Å²) in [5.74, 6) is -5.23. The Kier molecular flexibility index (Phi) is 6.93. The summed E-state index contributed by atoms with van der Waals surface area (Å²) in [6.07, 6.45) is 1.84. The average Bonchev–Trinajstić information content (AvgIpc) is 3.69. The van der Waals surface area contributed by atoms with Gasteiger partial charge in [0.25, 0.3) is 11.8 Å². The molecule has 11 nitrogen and oxygen atoms in total. The number of imide groups is 2. The number of amides is 4. The van der Waals surface area contributed by atoms with Crippen LogP contribution in [0.4, 0.5) is 5.69 Å². The minimum atomic E-state index is -2.04. The Labute approximate surface area is 290 Å². The van der Waals surface area contributed by atoms with E-state index in [0.717, 1.165) is 4.90 Å². The maximum Gasteiger partial charge on any atom is 0.253 e. The van der Waals surface area contributed by atoms with Gasteiger partial charge in [-0.15, -0.1) is 23.2 Å². The summed E-state index contributed by atoms with van der Waals surface area (Å²) in [6.45, 7) is 0. The Morgan fingerprint density at radius 1 is 0.918 bits per heavy atom. The zero-order valence-electron chi connectivity index (χ0n) is 26.5. The predicted molar refractivity (Wildman–Crippen MR) is 179 cm³/mol. The second kappa shape index (κ2) is 10.8. The third-order valence-corrected chi connectivity index (χ3v) is 11.9. The Hall–Kier alpha value is -4.87. The first kappa shape index (κ1) is 31.4. The van der Waals surface area contributed by atoms with Crippen LogP contribution in [0.25, 0.3) is 22.6 Å². The van der Waals surface area contributed by atoms with Gasteiger partial charge in [0.1, 0.15) is 22.8 Å². The smallest absolute Gasteiger partial charge is 0.253 e. The molecular formula is C36H29Cl2N3O8. The lowest BCUT2D eigenvalue weighted by atomic mass is 9.56. The van der Waals surface area contributed by atoms with Crippen LogP contribution in [0.5, 0.6) is 17.2 Å². The van der Waals surface area contributed by atoms with E-state index in [0.29, 0.717) is 33.8 Å². The Balaban J connectivity index is 1.21. The molecule has 0 bridgehead atoms. The van der Waals surface area contributed by atoms with Crippen molar-refractivity contribution in [3.05, 3.63) is 77.9 Å². The number of aromatic hydroxyl groups is 1. The van der Waals surface area contributed by atoms with Crippen molar-refractivity contribution in [1.29, 1.82) is 0 Å². The van der Waals surface area contributed by atoms with Gasteiger partial charge in [-0.05, 0) is 55.2 Å². The van der Waals surface area contributed by atoms with E-state index < -0.39 is 51.1 Å². The third kappa shape index (κ3) is 4.12. The number of halogens is 2. The van der Waals surface area contributed by atoms with Gasteiger partial charge in [0.05, 0.1) is 31.7 Å². The number of likely N-dealkylation sites (tertiary alicyclic amines) is 1. The van der Waals surface area contributed by atoms with Gasteiger partial charge in [0.15, 0.2) is 15.3 Å². The molecule has 0 unspecified atom stereocenters. The minimum absolute atomic E-state index is 0.147. The number of allylic oxidation sites excluding steroid dienone is 2. The van der Waals surface area contributed by atoms with E-state index in [-0.39, 0.29) is 41.6 Å². The SMILES string of the molecule is COc1cc(O)cc(OC)c1[C@H]1C2=CC[C@@H]3C(=O)N(c4ccc(-c5nc6ccccc6o5)cc4)C(=O)[C@@H]3[C@@H]2C[C@@]2(Cl)C(=O)N(C)C(=O)[C@@]12Cl. The number of para-hydroxylation sites is 2. The standard InChI is InChI=1S/C36H29Cl2N3O8/c1-40-33(45)35(37)16-22-20(29(36(35,38)34(40)46)28-25(47-2)14-19(42)15-26(28)48-3)12-13-21-27(22)32(44)41(31(21)43)18-10-8-17(9-11-18)30-39-23-6-4-5-7-24(23)49-30/h4-12,14-15,21-22,27,29,42H,13,16H2,1-3H3/t21-,22+,27-,29+,35+,36-/m0/s1. The van der Waals surface area contributed by atoms with Gasteiger partial charge in [-0.1, -0.05) is 23.8 Å². The average molecular weight is 703 g/mol. The minimum Gasteiger partial charge on any atom is -0.508 e. The molecule has 4 aliphatic rings. The molecule has 49 heavy (non-hydrogen) atoms. The number of nitrogens with zero attached hydrogens (tertiary/aromatic N) is 3. The van der Waals surface area contributed by atoms with Crippen molar-refractivity contribution in [1.82, 2.24) is 9.88 Å². The van der Waals surface area contributed by atoms with Gasteiger partial charge in [-0.2, -0.15) is 0 Å². The lowest BCUT2D eigenvalue weighted by Gasteiger charge is -2.51. The number of hydrogen-bond acceptors (Lipinski definition) is 9. The van der Waals surface area contributed by atoms with Crippen LogP contribution in [-0.2, 0) is 19.2 Å². The quantitative estimate of drug-likeness (QED) is 0.164. The van der Waals surface area contributed by atoms with Crippen LogP contribution in [0.2, 0.25) is 0 Å². The number of methoxy groups -OCH3 is 2. The van der Waals surface area contributed by atoms with Crippen LogP contribution in [0, 0.1) is 17.8 Å². The Bertz CT molecular complexity index is 2090. The first-order valence-electron chi connectivity index (χ1n) is 15.6. The summed E-state index contributed by atoms with van der Waals surface area (Å²) in [4.78, 5) is 58.8. The molecule has 13 heteroatoms. The first-order valence-corrected chi connectivity index (χ1v) is 16.4. The van der Waals surface area contributed by atoms with Crippen LogP contribution in [0.15, 0.2) is 76.7 Å². The lowest BCUT2D eigenvalue weighted by Crippen LogP contribution is -2.60. The predicted octanol–water partition coefficient (Wildman–Crippen LogP) is 5.41. The maximum absolute atomic E-state index is 14.4. The fourth-order valence-corrected chi connectivity index (χ4v) is 9.28. The zero-order valence-corrected chi connectivity index (χ0v) is 28.0. The van der Waals surface area contributed by atoms with Crippen LogP contribution in [0.3, 0.4) is 0 Å². The van der Waals surface area contributed by atoms with Crippen molar-refractivity contribution >= 4 is 63.6 Å². The van der Waals surface area contributed by atoms with Crippen molar-refractivity contribution in [2.45, 2.75) is 28.5 Å². The topological polar surface area (TPSA) is 139 Å². The molecule has 1 aromatic heterocycles. The van der Waals surface area contributed by atoms with Crippen molar-refractivity contribution in [2.75, 3.05) is 26.2 Å². The van der Waals surface area contributed by atoms with Crippen molar-refractivity contribution in [3.8, 4) is 28.7 Å². The molecule has 2 saturated heterocycles. The van der Waals surface area contributed by atoms with E-state index >= 15 is 0 Å². The summed E-state index contributed by atoms with van der Waals surface area (Å²) >= 11 is 14.6. The van der Waals surface area contributed by atoms with E-state index in [1.54, 1.807) is 24.3 Å². The van der Waals surface area contributed by atoms with Gasteiger partial charge < -0.3 is 19.0 Å². The molecule has 3 aromatic carbocycles. The summed E-state index contributed by atoms with van der Waals surface area (Å²) in [5, 5.41) is 10.4. The molecule has 250 valence electrons. The van der Waals surface area contributed by atoms with E-state index in [1.807, 2.05) is 30.3 Å². The van der Waals surface area contributed by atoms with Gasteiger partial charge in [-0.3, -0.25) is 29.0 Å².